The highest BCUT2D eigenvalue weighted by Gasteiger charge is 2.70. The summed E-state index contributed by atoms with van der Waals surface area (Å²) in [5.41, 5.74) is -0.615. The van der Waals surface area contributed by atoms with Crippen molar-refractivity contribution in [2.24, 2.45) is 28.6 Å². The number of fused-ring (bicyclic) bond motifs is 5. The Hall–Kier alpha value is -1.66. The second kappa shape index (κ2) is 8.69. The van der Waals surface area contributed by atoms with Gasteiger partial charge in [0.2, 0.25) is 0 Å². The topological polar surface area (TPSA) is 80.0 Å². The van der Waals surface area contributed by atoms with E-state index in [1.165, 1.54) is 70.9 Å². The Morgan fingerprint density at radius 2 is 1.86 bits per heavy atom. The van der Waals surface area contributed by atoms with Gasteiger partial charge in [-0.05, 0) is 106 Å². The van der Waals surface area contributed by atoms with E-state index in [4.69, 9.17) is 9.15 Å². The molecule has 1 N–H and O–H groups in total. The lowest BCUT2D eigenvalue weighted by atomic mass is 9.43. The molecule has 1 saturated heterocycles. The highest BCUT2D eigenvalue weighted by molar-refractivity contribution is 5.66. The van der Waals surface area contributed by atoms with Crippen LogP contribution in [0.25, 0.3) is 0 Å². The van der Waals surface area contributed by atoms with Gasteiger partial charge in [-0.2, -0.15) is 0 Å². The molecule has 9 atom stereocenters. The largest absolute Gasteiger partial charge is 0.462 e. The zero-order valence-corrected chi connectivity index (χ0v) is 22.2. The van der Waals surface area contributed by atoms with Crippen LogP contribution in [0.5, 0.6) is 0 Å². The lowest BCUT2D eigenvalue weighted by Gasteiger charge is -2.64. The van der Waals surface area contributed by atoms with Crippen LogP contribution in [0.15, 0.2) is 27.6 Å². The monoisotopic (exact) mass is 497 g/mol. The van der Waals surface area contributed by atoms with Crippen molar-refractivity contribution in [3.63, 3.8) is 0 Å². The van der Waals surface area contributed by atoms with Crippen LogP contribution in [0.3, 0.4) is 0 Å². The number of hydrogen-bond donors (Lipinski definition) is 1. The van der Waals surface area contributed by atoms with Crippen molar-refractivity contribution in [2.75, 3.05) is 13.1 Å². The summed E-state index contributed by atoms with van der Waals surface area (Å²) in [6.45, 7) is 8.72. The molecule has 0 spiro atoms. The van der Waals surface area contributed by atoms with E-state index in [-0.39, 0.29) is 28.8 Å². The number of likely N-dealkylation sites (tertiary alicyclic amines) is 1. The lowest BCUT2D eigenvalue weighted by Crippen LogP contribution is -2.62. The van der Waals surface area contributed by atoms with E-state index >= 15 is 0 Å². The Morgan fingerprint density at radius 3 is 2.56 bits per heavy atom. The van der Waals surface area contributed by atoms with Crippen LogP contribution in [0.2, 0.25) is 0 Å². The fourth-order valence-electron chi connectivity index (χ4n) is 10.1. The molecule has 4 aliphatic carbocycles. The van der Waals surface area contributed by atoms with Gasteiger partial charge in [-0.25, -0.2) is 4.79 Å². The summed E-state index contributed by atoms with van der Waals surface area (Å²) in [6.07, 6.45) is 12.4. The molecular formula is C30H43NO5. The quantitative estimate of drug-likeness (QED) is 0.599. The minimum atomic E-state index is -0.906. The number of carbonyl (C=O) groups excluding carboxylic acids is 1. The molecule has 36 heavy (non-hydrogen) atoms. The van der Waals surface area contributed by atoms with E-state index in [1.54, 1.807) is 6.07 Å². The Labute approximate surface area is 214 Å². The first-order chi connectivity index (χ1) is 17.2. The average Bonchev–Trinajstić information content (AvgIpc) is 3.44. The maximum Gasteiger partial charge on any atom is 0.335 e. The number of hydrogen-bond acceptors (Lipinski definition) is 6. The molecule has 6 rings (SSSR count). The van der Waals surface area contributed by atoms with E-state index in [0.717, 1.165) is 36.8 Å². The number of ether oxygens (including phenoxy) is 1. The summed E-state index contributed by atoms with van der Waals surface area (Å²) >= 11 is 0. The van der Waals surface area contributed by atoms with Gasteiger partial charge >= 0.3 is 11.6 Å². The van der Waals surface area contributed by atoms with Crippen molar-refractivity contribution in [3.05, 3.63) is 34.4 Å². The van der Waals surface area contributed by atoms with Crippen LogP contribution < -0.4 is 5.63 Å². The van der Waals surface area contributed by atoms with Crippen molar-refractivity contribution < 1.29 is 19.1 Å². The predicted octanol–water partition coefficient (Wildman–Crippen LogP) is 4.89. The molecule has 0 amide bonds. The van der Waals surface area contributed by atoms with E-state index in [1.807, 2.05) is 0 Å². The number of carbonyl (C=O) groups is 1. The molecule has 1 aromatic heterocycles. The first-order valence-corrected chi connectivity index (χ1v) is 14.4. The molecule has 6 nitrogen and oxygen atoms in total. The molecule has 0 bridgehead atoms. The number of aliphatic hydroxyl groups is 1. The maximum atomic E-state index is 12.7. The average molecular weight is 498 g/mol. The Morgan fingerprint density at radius 1 is 1.08 bits per heavy atom. The van der Waals surface area contributed by atoms with Crippen molar-refractivity contribution in [3.8, 4) is 0 Å². The highest BCUT2D eigenvalue weighted by Crippen LogP contribution is 2.71. The molecule has 2 heterocycles. The normalized spacial score (nSPS) is 46.6. The Kier molecular flexibility index (Phi) is 5.95. The lowest BCUT2D eigenvalue weighted by molar-refractivity contribution is -0.204. The van der Waals surface area contributed by atoms with Crippen LogP contribution >= 0.6 is 0 Å². The van der Waals surface area contributed by atoms with E-state index in [9.17, 15) is 14.7 Å². The summed E-state index contributed by atoms with van der Waals surface area (Å²) < 4.78 is 11.1. The molecule has 4 saturated carbocycles. The van der Waals surface area contributed by atoms with Crippen LogP contribution in [-0.2, 0) is 9.53 Å². The molecule has 1 aliphatic heterocycles. The fourth-order valence-corrected chi connectivity index (χ4v) is 10.1. The molecular weight excluding hydrogens is 454 g/mol. The third-order valence-corrected chi connectivity index (χ3v) is 11.9. The number of esters is 1. The van der Waals surface area contributed by atoms with E-state index < -0.39 is 17.1 Å². The first kappa shape index (κ1) is 24.7. The van der Waals surface area contributed by atoms with Gasteiger partial charge < -0.3 is 19.2 Å². The van der Waals surface area contributed by atoms with Gasteiger partial charge in [0.25, 0.3) is 0 Å². The third-order valence-electron chi connectivity index (χ3n) is 11.9. The molecule has 5 aliphatic rings. The molecule has 6 heteroatoms. The Balaban J connectivity index is 1.31. The molecule has 0 radical (unpaired) electrons. The van der Waals surface area contributed by atoms with Gasteiger partial charge in [-0.15, -0.1) is 0 Å². The Bertz CT molecular complexity index is 1040. The predicted molar refractivity (Wildman–Crippen MR) is 136 cm³/mol. The second-order valence-corrected chi connectivity index (χ2v) is 13.3. The molecule has 198 valence electrons. The molecule has 5 fully saturated rings. The zero-order valence-electron chi connectivity index (χ0n) is 22.2. The summed E-state index contributed by atoms with van der Waals surface area (Å²) in [4.78, 5) is 26.6. The van der Waals surface area contributed by atoms with Crippen molar-refractivity contribution in [1.29, 1.82) is 0 Å². The summed E-state index contributed by atoms with van der Waals surface area (Å²) in [5, 5.41) is 12.7. The summed E-state index contributed by atoms with van der Waals surface area (Å²) in [7, 11) is 0. The summed E-state index contributed by atoms with van der Waals surface area (Å²) in [5.74, 6) is 0.934. The van der Waals surface area contributed by atoms with Gasteiger partial charge in [0.05, 0.1) is 11.9 Å². The van der Waals surface area contributed by atoms with Crippen LogP contribution in [-0.4, -0.2) is 46.8 Å². The smallest absolute Gasteiger partial charge is 0.335 e. The van der Waals surface area contributed by atoms with Gasteiger partial charge in [-0.3, -0.25) is 4.79 Å². The summed E-state index contributed by atoms with van der Waals surface area (Å²) in [6, 6.07) is 3.99. The number of nitrogens with zero attached hydrogens (tertiary/aromatic N) is 1. The fraction of sp³-hybridized carbons (Fsp3) is 0.800. The van der Waals surface area contributed by atoms with Crippen molar-refractivity contribution in [1.82, 2.24) is 4.90 Å². The van der Waals surface area contributed by atoms with Crippen LogP contribution in [0, 0.1) is 28.6 Å². The van der Waals surface area contributed by atoms with E-state index in [0.29, 0.717) is 12.3 Å². The van der Waals surface area contributed by atoms with Crippen molar-refractivity contribution >= 4 is 5.97 Å². The maximum absolute atomic E-state index is 12.7. The molecule has 9 unspecified atom stereocenters. The van der Waals surface area contributed by atoms with Crippen LogP contribution in [0.4, 0.5) is 0 Å². The van der Waals surface area contributed by atoms with Gasteiger partial charge in [0.1, 0.15) is 6.10 Å². The van der Waals surface area contributed by atoms with E-state index in [2.05, 4.69) is 18.7 Å². The third kappa shape index (κ3) is 3.57. The van der Waals surface area contributed by atoms with Gasteiger partial charge in [-0.1, -0.05) is 13.8 Å². The molecule has 0 aromatic carbocycles. The highest BCUT2D eigenvalue weighted by atomic mass is 16.5. The van der Waals surface area contributed by atoms with Gasteiger partial charge in [0.15, 0.2) is 0 Å². The minimum absolute atomic E-state index is 0.187. The minimum Gasteiger partial charge on any atom is -0.462 e. The first-order valence-electron chi connectivity index (χ1n) is 14.4. The van der Waals surface area contributed by atoms with Gasteiger partial charge in [0, 0.05) is 36.8 Å². The van der Waals surface area contributed by atoms with Crippen molar-refractivity contribution in [2.45, 2.75) is 109 Å². The molecule has 1 aromatic rings. The van der Waals surface area contributed by atoms with Crippen LogP contribution in [0.1, 0.15) is 96.5 Å². The second-order valence-electron chi connectivity index (χ2n) is 13.3. The zero-order chi connectivity index (χ0) is 25.3. The number of rotatable bonds is 3. The SMILES string of the molecule is CC(=O)OC1CC2(O)C3CCC4CC(N5CCCC5)CCC4(C)C3CCC2(C)C1c1ccc(=O)oc1. The standard InChI is InChI=1S/C30H43NO5/c1-19(32)36-25-17-30(34)24-8-7-21-16-22(31-14-4-5-15-31)10-12-28(21,2)23(24)11-13-29(30,3)27(25)20-6-9-26(33)35-18-20/h6,9,18,21-25,27,34H,4-5,7-8,10-17H2,1-3H3.